The van der Waals surface area contributed by atoms with E-state index in [0.717, 1.165) is 19.4 Å². The van der Waals surface area contributed by atoms with Crippen molar-refractivity contribution >= 4 is 10.0 Å². The van der Waals surface area contributed by atoms with Crippen molar-refractivity contribution in [2.75, 3.05) is 27.2 Å². The van der Waals surface area contributed by atoms with Crippen LogP contribution in [0.4, 0.5) is 0 Å². The molecule has 5 heteroatoms. The molecule has 0 saturated carbocycles. The molecule has 1 aromatic rings. The zero-order chi connectivity index (χ0) is 15.2. The van der Waals surface area contributed by atoms with Gasteiger partial charge in [0.25, 0.3) is 0 Å². The van der Waals surface area contributed by atoms with Crippen LogP contribution in [0.2, 0.25) is 0 Å². The molecule has 0 bridgehead atoms. The summed E-state index contributed by atoms with van der Waals surface area (Å²) in [6.45, 7) is 5.60. The molecule has 1 N–H and O–H groups in total. The van der Waals surface area contributed by atoms with E-state index in [-0.39, 0.29) is 0 Å². The molecule has 0 amide bonds. The highest BCUT2D eigenvalue weighted by Gasteiger charge is 2.13. The van der Waals surface area contributed by atoms with Crippen molar-refractivity contribution in [2.24, 2.45) is 0 Å². The Balaban J connectivity index is 2.63. The second-order valence-electron chi connectivity index (χ2n) is 5.43. The number of hydrogen-bond donors (Lipinski definition) is 1. The van der Waals surface area contributed by atoms with E-state index in [4.69, 9.17) is 0 Å². The standard InChI is InChI=1S/C15H26N2O2S/c1-5-13(2)14-7-9-15(10-8-14)20(18,19)16-11-6-12-17(3)4/h7-10,13,16H,5-6,11-12H2,1-4H3. The van der Waals surface area contributed by atoms with Crippen LogP contribution in [-0.2, 0) is 10.0 Å². The molecule has 0 spiro atoms. The van der Waals surface area contributed by atoms with Crippen LogP contribution in [0.15, 0.2) is 29.2 Å². The highest BCUT2D eigenvalue weighted by Crippen LogP contribution is 2.20. The first kappa shape index (κ1) is 17.1. The number of sulfonamides is 1. The quantitative estimate of drug-likeness (QED) is 0.750. The van der Waals surface area contributed by atoms with Crippen molar-refractivity contribution in [1.82, 2.24) is 9.62 Å². The molecule has 114 valence electrons. The molecule has 0 aliphatic carbocycles. The van der Waals surface area contributed by atoms with E-state index >= 15 is 0 Å². The molecule has 0 aliphatic heterocycles. The Morgan fingerprint density at radius 1 is 1.20 bits per heavy atom. The fourth-order valence-corrected chi connectivity index (χ4v) is 2.97. The number of nitrogens with one attached hydrogen (secondary N) is 1. The molecule has 0 fully saturated rings. The minimum absolute atomic E-state index is 0.342. The van der Waals surface area contributed by atoms with Gasteiger partial charge in [0.05, 0.1) is 4.90 Å². The van der Waals surface area contributed by atoms with Crippen LogP contribution in [0, 0.1) is 0 Å². The van der Waals surface area contributed by atoms with Crippen LogP contribution in [0.3, 0.4) is 0 Å². The number of rotatable bonds is 8. The van der Waals surface area contributed by atoms with E-state index in [1.165, 1.54) is 5.56 Å². The van der Waals surface area contributed by atoms with Crippen molar-refractivity contribution in [2.45, 2.75) is 37.5 Å². The molecule has 4 nitrogen and oxygen atoms in total. The Labute approximate surface area is 123 Å². The van der Waals surface area contributed by atoms with Gasteiger partial charge in [-0.25, -0.2) is 13.1 Å². The van der Waals surface area contributed by atoms with Crippen LogP contribution < -0.4 is 4.72 Å². The van der Waals surface area contributed by atoms with E-state index in [2.05, 4.69) is 18.6 Å². The van der Waals surface area contributed by atoms with E-state index < -0.39 is 10.0 Å². The lowest BCUT2D eigenvalue weighted by Crippen LogP contribution is -2.27. The van der Waals surface area contributed by atoms with Crippen LogP contribution in [0.5, 0.6) is 0 Å². The molecule has 1 aromatic carbocycles. The normalized spacial score (nSPS) is 13.7. The Bertz CT molecular complexity index is 495. The lowest BCUT2D eigenvalue weighted by Gasteiger charge is -2.12. The minimum Gasteiger partial charge on any atom is -0.309 e. The van der Waals surface area contributed by atoms with Gasteiger partial charge >= 0.3 is 0 Å². The third kappa shape index (κ3) is 5.23. The van der Waals surface area contributed by atoms with E-state index in [9.17, 15) is 8.42 Å². The van der Waals surface area contributed by atoms with E-state index in [1.54, 1.807) is 12.1 Å². The molecule has 20 heavy (non-hydrogen) atoms. The van der Waals surface area contributed by atoms with Crippen molar-refractivity contribution in [3.05, 3.63) is 29.8 Å². The van der Waals surface area contributed by atoms with Gasteiger partial charge in [0, 0.05) is 6.54 Å². The van der Waals surface area contributed by atoms with Crippen molar-refractivity contribution in [3.63, 3.8) is 0 Å². The largest absolute Gasteiger partial charge is 0.309 e. The highest BCUT2D eigenvalue weighted by atomic mass is 32.2. The predicted octanol–water partition coefficient (Wildman–Crippen LogP) is 2.43. The Kier molecular flexibility index (Phi) is 6.65. The maximum Gasteiger partial charge on any atom is 0.240 e. The lowest BCUT2D eigenvalue weighted by molar-refractivity contribution is 0.400. The van der Waals surface area contributed by atoms with Gasteiger partial charge in [-0.05, 0) is 57.1 Å². The van der Waals surface area contributed by atoms with Crippen molar-refractivity contribution < 1.29 is 8.42 Å². The summed E-state index contributed by atoms with van der Waals surface area (Å²) in [5.41, 5.74) is 1.18. The van der Waals surface area contributed by atoms with Gasteiger partial charge < -0.3 is 4.90 Å². The molecule has 0 saturated heterocycles. The first-order valence-electron chi connectivity index (χ1n) is 7.11. The summed E-state index contributed by atoms with van der Waals surface area (Å²) in [4.78, 5) is 2.38. The third-order valence-electron chi connectivity index (χ3n) is 3.45. The van der Waals surface area contributed by atoms with E-state index in [0.29, 0.717) is 17.4 Å². The maximum atomic E-state index is 12.1. The first-order valence-corrected chi connectivity index (χ1v) is 8.59. The fraction of sp³-hybridized carbons (Fsp3) is 0.600. The zero-order valence-electron chi connectivity index (χ0n) is 12.9. The van der Waals surface area contributed by atoms with Gasteiger partial charge in [-0.1, -0.05) is 26.0 Å². The number of hydrogen-bond acceptors (Lipinski definition) is 3. The number of nitrogens with zero attached hydrogens (tertiary/aromatic N) is 1. The summed E-state index contributed by atoms with van der Waals surface area (Å²) in [5.74, 6) is 0.458. The molecule has 0 radical (unpaired) electrons. The molecule has 1 atom stereocenters. The fourth-order valence-electron chi connectivity index (χ4n) is 1.90. The Morgan fingerprint density at radius 3 is 2.30 bits per heavy atom. The number of benzene rings is 1. The van der Waals surface area contributed by atoms with Crippen LogP contribution in [0.25, 0.3) is 0 Å². The first-order chi connectivity index (χ1) is 9.36. The SMILES string of the molecule is CCC(C)c1ccc(S(=O)(=O)NCCCN(C)C)cc1. The highest BCUT2D eigenvalue weighted by molar-refractivity contribution is 7.89. The summed E-state index contributed by atoms with van der Waals surface area (Å²) in [5, 5.41) is 0. The van der Waals surface area contributed by atoms with E-state index in [1.807, 2.05) is 31.1 Å². The van der Waals surface area contributed by atoms with Gasteiger partial charge in [-0.2, -0.15) is 0 Å². The second kappa shape index (κ2) is 7.76. The summed E-state index contributed by atoms with van der Waals surface area (Å²) < 4.78 is 26.8. The summed E-state index contributed by atoms with van der Waals surface area (Å²) in [6.07, 6.45) is 1.85. The summed E-state index contributed by atoms with van der Waals surface area (Å²) >= 11 is 0. The topological polar surface area (TPSA) is 49.4 Å². The molecule has 0 aromatic heterocycles. The van der Waals surface area contributed by atoms with Crippen LogP contribution in [-0.4, -0.2) is 40.5 Å². The smallest absolute Gasteiger partial charge is 0.240 e. The predicted molar refractivity (Wildman–Crippen MR) is 83.5 cm³/mol. The molecular weight excluding hydrogens is 272 g/mol. The van der Waals surface area contributed by atoms with Crippen molar-refractivity contribution in [1.29, 1.82) is 0 Å². The minimum atomic E-state index is -3.38. The molecule has 0 aliphatic rings. The van der Waals surface area contributed by atoms with Gasteiger partial charge in [0.2, 0.25) is 10.0 Å². The van der Waals surface area contributed by atoms with Gasteiger partial charge in [0.15, 0.2) is 0 Å². The van der Waals surface area contributed by atoms with Gasteiger partial charge in [-0.15, -0.1) is 0 Å². The Morgan fingerprint density at radius 2 is 1.80 bits per heavy atom. The summed E-state index contributed by atoms with van der Waals surface area (Å²) in [6, 6.07) is 7.19. The van der Waals surface area contributed by atoms with Crippen molar-refractivity contribution in [3.8, 4) is 0 Å². The zero-order valence-corrected chi connectivity index (χ0v) is 13.7. The molecular formula is C15H26N2O2S. The monoisotopic (exact) mass is 298 g/mol. The molecule has 1 unspecified atom stereocenters. The Hall–Kier alpha value is -0.910. The molecule has 1 rings (SSSR count). The average molecular weight is 298 g/mol. The second-order valence-corrected chi connectivity index (χ2v) is 7.20. The average Bonchev–Trinajstić information content (AvgIpc) is 2.43. The van der Waals surface area contributed by atoms with Crippen LogP contribution >= 0.6 is 0 Å². The maximum absolute atomic E-state index is 12.1. The lowest BCUT2D eigenvalue weighted by atomic mass is 9.99. The third-order valence-corrected chi connectivity index (χ3v) is 4.92. The van der Waals surface area contributed by atoms with Gasteiger partial charge in [-0.3, -0.25) is 0 Å². The summed E-state index contributed by atoms with van der Waals surface area (Å²) in [7, 11) is 0.573. The van der Waals surface area contributed by atoms with Gasteiger partial charge in [0.1, 0.15) is 0 Å². The molecule has 0 heterocycles. The van der Waals surface area contributed by atoms with Crippen LogP contribution in [0.1, 0.15) is 38.2 Å².